The van der Waals surface area contributed by atoms with Crippen molar-refractivity contribution in [3.8, 4) is 0 Å². The van der Waals surface area contributed by atoms with E-state index in [4.69, 9.17) is 10.2 Å². The van der Waals surface area contributed by atoms with Gasteiger partial charge in [0.2, 0.25) is 0 Å². The van der Waals surface area contributed by atoms with Crippen LogP contribution in [0.15, 0.2) is 18.2 Å². The summed E-state index contributed by atoms with van der Waals surface area (Å²) in [5.41, 5.74) is 0.542. The normalized spacial score (nSPS) is 9.90. The number of hydrogen-bond donors (Lipinski definition) is 3. The van der Waals surface area contributed by atoms with Gasteiger partial charge in [-0.2, -0.15) is 0 Å². The number of rotatable bonds is 5. The van der Waals surface area contributed by atoms with Crippen LogP contribution in [0.25, 0.3) is 0 Å². The second-order valence-electron chi connectivity index (χ2n) is 4.06. The molecule has 20 heavy (non-hydrogen) atoms. The van der Waals surface area contributed by atoms with Crippen LogP contribution in [-0.4, -0.2) is 46.2 Å². The minimum atomic E-state index is -1.37. The molecule has 1 rings (SSSR count). The highest BCUT2D eigenvalue weighted by molar-refractivity contribution is 5.93. The summed E-state index contributed by atoms with van der Waals surface area (Å²) in [5.74, 6) is -3.44. The lowest BCUT2D eigenvalue weighted by atomic mass is 10.2. The molecule has 0 aliphatic heterocycles. The molecule has 0 radical (unpaired) electrons. The number of halogens is 1. The summed E-state index contributed by atoms with van der Waals surface area (Å²) in [6.45, 7) is 0.0818. The molecule has 7 nitrogen and oxygen atoms in total. The van der Waals surface area contributed by atoms with Crippen LogP contribution in [-0.2, 0) is 9.59 Å². The summed E-state index contributed by atoms with van der Waals surface area (Å²) in [4.78, 5) is 33.5. The Labute approximate surface area is 113 Å². The van der Waals surface area contributed by atoms with Crippen molar-refractivity contribution < 1.29 is 29.0 Å². The van der Waals surface area contributed by atoms with Crippen LogP contribution in [0, 0.1) is 12.7 Å². The van der Waals surface area contributed by atoms with Gasteiger partial charge in [-0.1, -0.05) is 6.07 Å². The van der Waals surface area contributed by atoms with Crippen LogP contribution in [0.4, 0.5) is 14.9 Å². The summed E-state index contributed by atoms with van der Waals surface area (Å²) in [5, 5.41) is 19.4. The maximum absolute atomic E-state index is 13.5. The predicted molar refractivity (Wildman–Crippen MR) is 67.0 cm³/mol. The highest BCUT2D eigenvalue weighted by Gasteiger charge is 2.20. The average Bonchev–Trinajstić information content (AvgIpc) is 2.31. The topological polar surface area (TPSA) is 107 Å². The van der Waals surface area contributed by atoms with E-state index in [1.807, 2.05) is 0 Å². The van der Waals surface area contributed by atoms with Crippen LogP contribution in [0.2, 0.25) is 0 Å². The standard InChI is InChI=1S/C12H13FN2O5/c1-7-2-3-8(13)9(4-7)14-12(20)15(5-10(16)17)6-11(18)19/h2-4H,5-6H2,1H3,(H,14,20)(H,16,17)(H,18,19). The second-order valence-corrected chi connectivity index (χ2v) is 4.06. The first kappa shape index (κ1) is 15.4. The van der Waals surface area contributed by atoms with E-state index in [-0.39, 0.29) is 5.69 Å². The van der Waals surface area contributed by atoms with Crippen molar-refractivity contribution in [2.45, 2.75) is 6.92 Å². The zero-order valence-corrected chi connectivity index (χ0v) is 10.6. The van der Waals surface area contributed by atoms with Crippen LogP contribution < -0.4 is 5.32 Å². The van der Waals surface area contributed by atoms with Crippen LogP contribution in [0.5, 0.6) is 0 Å². The number of aryl methyl sites for hydroxylation is 1. The van der Waals surface area contributed by atoms with E-state index in [1.165, 1.54) is 12.1 Å². The summed E-state index contributed by atoms with van der Waals surface area (Å²) < 4.78 is 13.5. The Balaban J connectivity index is 2.86. The zero-order chi connectivity index (χ0) is 15.3. The maximum Gasteiger partial charge on any atom is 0.323 e. The van der Waals surface area contributed by atoms with E-state index in [0.717, 1.165) is 6.07 Å². The summed E-state index contributed by atoms with van der Waals surface area (Å²) in [7, 11) is 0. The Kier molecular flexibility index (Phi) is 5.01. The van der Waals surface area contributed by atoms with Crippen LogP contribution in [0.1, 0.15) is 5.56 Å². The van der Waals surface area contributed by atoms with Gasteiger partial charge in [0.15, 0.2) is 0 Å². The van der Waals surface area contributed by atoms with Gasteiger partial charge in [0, 0.05) is 0 Å². The summed E-state index contributed by atoms with van der Waals surface area (Å²) >= 11 is 0. The van der Waals surface area contributed by atoms with Crippen LogP contribution in [0.3, 0.4) is 0 Å². The lowest BCUT2D eigenvalue weighted by Gasteiger charge is -2.19. The number of aliphatic carboxylic acids is 2. The van der Waals surface area contributed by atoms with Gasteiger partial charge in [0.25, 0.3) is 0 Å². The van der Waals surface area contributed by atoms with Gasteiger partial charge < -0.3 is 20.4 Å². The molecule has 0 aliphatic carbocycles. The van der Waals surface area contributed by atoms with E-state index >= 15 is 0 Å². The molecule has 0 atom stereocenters. The minimum absolute atomic E-state index is 0.143. The van der Waals surface area contributed by atoms with Crippen LogP contribution >= 0.6 is 0 Å². The number of carboxylic acid groups (broad SMARTS) is 2. The first-order valence-electron chi connectivity index (χ1n) is 5.55. The van der Waals surface area contributed by atoms with Gasteiger partial charge in [-0.15, -0.1) is 0 Å². The minimum Gasteiger partial charge on any atom is -0.480 e. The van der Waals surface area contributed by atoms with E-state index in [1.54, 1.807) is 6.92 Å². The van der Waals surface area contributed by atoms with Crippen molar-refractivity contribution in [1.82, 2.24) is 4.90 Å². The average molecular weight is 284 g/mol. The molecule has 0 fully saturated rings. The van der Waals surface area contributed by atoms with Crippen molar-refractivity contribution in [2.75, 3.05) is 18.4 Å². The summed E-state index contributed by atoms with van der Waals surface area (Å²) in [6, 6.07) is 2.99. The van der Waals surface area contributed by atoms with E-state index in [2.05, 4.69) is 5.32 Å². The molecule has 1 aromatic rings. The molecule has 108 valence electrons. The molecule has 0 saturated heterocycles. The van der Waals surface area contributed by atoms with Gasteiger partial charge in [0.05, 0.1) is 5.69 Å². The molecule has 0 saturated carbocycles. The van der Waals surface area contributed by atoms with Gasteiger partial charge in [-0.05, 0) is 24.6 Å². The largest absolute Gasteiger partial charge is 0.480 e. The Bertz CT molecular complexity index is 531. The zero-order valence-electron chi connectivity index (χ0n) is 10.6. The third kappa shape index (κ3) is 4.56. The fourth-order valence-electron chi connectivity index (χ4n) is 1.46. The van der Waals surface area contributed by atoms with Crippen molar-refractivity contribution in [2.24, 2.45) is 0 Å². The molecule has 0 unspecified atom stereocenters. The van der Waals surface area contributed by atoms with E-state index in [0.29, 0.717) is 10.5 Å². The predicted octanol–water partition coefficient (Wildman–Crippen LogP) is 1.14. The van der Waals surface area contributed by atoms with E-state index in [9.17, 15) is 18.8 Å². The highest BCUT2D eigenvalue weighted by Crippen LogP contribution is 2.16. The van der Waals surface area contributed by atoms with Crippen molar-refractivity contribution in [3.63, 3.8) is 0 Å². The molecule has 0 spiro atoms. The molecule has 0 heterocycles. The molecule has 2 amide bonds. The Morgan fingerprint density at radius 2 is 1.75 bits per heavy atom. The fraction of sp³-hybridized carbons (Fsp3) is 0.250. The van der Waals surface area contributed by atoms with Crippen molar-refractivity contribution >= 4 is 23.7 Å². The second kappa shape index (κ2) is 6.50. The highest BCUT2D eigenvalue weighted by atomic mass is 19.1. The lowest BCUT2D eigenvalue weighted by molar-refractivity contribution is -0.140. The monoisotopic (exact) mass is 284 g/mol. The van der Waals surface area contributed by atoms with Gasteiger partial charge in [-0.25, -0.2) is 9.18 Å². The molecule has 1 aromatic carbocycles. The molecule has 8 heteroatoms. The number of hydrogen-bond acceptors (Lipinski definition) is 3. The van der Waals surface area contributed by atoms with Crippen molar-refractivity contribution in [3.05, 3.63) is 29.6 Å². The molecular formula is C12H13FN2O5. The number of benzene rings is 1. The third-order valence-corrected chi connectivity index (χ3v) is 2.30. The SMILES string of the molecule is Cc1ccc(F)c(NC(=O)N(CC(=O)O)CC(=O)O)c1. The first-order valence-corrected chi connectivity index (χ1v) is 5.55. The maximum atomic E-state index is 13.5. The third-order valence-electron chi connectivity index (χ3n) is 2.30. The number of nitrogens with zero attached hydrogens (tertiary/aromatic N) is 1. The van der Waals surface area contributed by atoms with Crippen molar-refractivity contribution in [1.29, 1.82) is 0 Å². The number of nitrogens with one attached hydrogen (secondary N) is 1. The Morgan fingerprint density at radius 1 is 1.20 bits per heavy atom. The lowest BCUT2D eigenvalue weighted by Crippen LogP contribution is -2.42. The molecule has 3 N–H and O–H groups in total. The number of anilines is 1. The first-order chi connectivity index (χ1) is 9.29. The molecular weight excluding hydrogens is 271 g/mol. The fourth-order valence-corrected chi connectivity index (χ4v) is 1.46. The smallest absolute Gasteiger partial charge is 0.323 e. The Morgan fingerprint density at radius 3 is 2.25 bits per heavy atom. The number of carbonyl (C=O) groups excluding carboxylic acids is 1. The van der Waals surface area contributed by atoms with E-state index < -0.39 is 36.9 Å². The number of urea groups is 1. The number of carboxylic acids is 2. The number of amides is 2. The Hall–Kier alpha value is -2.64. The number of carbonyl (C=O) groups is 3. The summed E-state index contributed by atoms with van der Waals surface area (Å²) in [6.07, 6.45) is 0. The molecule has 0 aromatic heterocycles. The van der Waals surface area contributed by atoms with Gasteiger partial charge in [-0.3, -0.25) is 9.59 Å². The van der Waals surface area contributed by atoms with Gasteiger partial charge >= 0.3 is 18.0 Å². The molecule has 0 aliphatic rings. The van der Waals surface area contributed by atoms with Gasteiger partial charge in [0.1, 0.15) is 18.9 Å². The molecule has 0 bridgehead atoms. The quantitative estimate of drug-likeness (QED) is 0.751.